The SMILES string of the molecule is CN(CC(F)F)c1c(Cl)cccc1/C=C/C(=O)O. The molecule has 0 radical (unpaired) electrons. The van der Waals surface area contributed by atoms with E-state index in [4.69, 9.17) is 16.7 Å². The number of nitrogens with zero attached hydrogens (tertiary/aromatic N) is 1. The van der Waals surface area contributed by atoms with E-state index < -0.39 is 18.9 Å². The average molecular weight is 276 g/mol. The summed E-state index contributed by atoms with van der Waals surface area (Å²) in [5.41, 5.74) is 0.866. The number of carboxylic acids is 1. The van der Waals surface area contributed by atoms with Crippen molar-refractivity contribution in [3.63, 3.8) is 0 Å². The molecule has 0 unspecified atom stereocenters. The van der Waals surface area contributed by atoms with E-state index >= 15 is 0 Å². The maximum absolute atomic E-state index is 12.4. The molecule has 0 aromatic heterocycles. The normalized spacial score (nSPS) is 11.2. The average Bonchev–Trinajstić information content (AvgIpc) is 2.24. The summed E-state index contributed by atoms with van der Waals surface area (Å²) in [7, 11) is 1.48. The van der Waals surface area contributed by atoms with Gasteiger partial charge in [-0.05, 0) is 17.7 Å². The fraction of sp³-hybridized carbons (Fsp3) is 0.250. The third-order valence-electron chi connectivity index (χ3n) is 2.22. The zero-order valence-electron chi connectivity index (χ0n) is 9.61. The molecule has 0 bridgehead atoms. The number of alkyl halides is 2. The lowest BCUT2D eigenvalue weighted by Crippen LogP contribution is -2.25. The highest BCUT2D eigenvalue weighted by Crippen LogP contribution is 2.30. The van der Waals surface area contributed by atoms with E-state index in [1.165, 1.54) is 18.0 Å². The van der Waals surface area contributed by atoms with Gasteiger partial charge in [0.05, 0.1) is 17.3 Å². The van der Waals surface area contributed by atoms with Gasteiger partial charge in [0.25, 0.3) is 6.43 Å². The van der Waals surface area contributed by atoms with Gasteiger partial charge in [-0.1, -0.05) is 23.7 Å². The van der Waals surface area contributed by atoms with Gasteiger partial charge in [-0.25, -0.2) is 13.6 Å². The standard InChI is InChI=1S/C12H12ClF2NO2/c1-16(7-10(14)15)12-8(5-6-11(17)18)3-2-4-9(12)13/h2-6,10H,7H2,1H3,(H,17,18)/b6-5+. The largest absolute Gasteiger partial charge is 0.478 e. The van der Waals surface area contributed by atoms with E-state index in [0.29, 0.717) is 16.3 Å². The number of hydrogen-bond acceptors (Lipinski definition) is 2. The van der Waals surface area contributed by atoms with Crippen LogP contribution < -0.4 is 4.90 Å². The first-order valence-electron chi connectivity index (χ1n) is 5.10. The Morgan fingerprint density at radius 1 is 1.56 bits per heavy atom. The molecule has 0 saturated carbocycles. The summed E-state index contributed by atoms with van der Waals surface area (Å²) < 4.78 is 24.7. The molecule has 18 heavy (non-hydrogen) atoms. The number of carboxylic acid groups (broad SMARTS) is 1. The molecule has 0 aliphatic rings. The van der Waals surface area contributed by atoms with Crippen molar-refractivity contribution in [3.8, 4) is 0 Å². The molecule has 0 saturated heterocycles. The third-order valence-corrected chi connectivity index (χ3v) is 2.52. The van der Waals surface area contributed by atoms with E-state index in [2.05, 4.69) is 0 Å². The lowest BCUT2D eigenvalue weighted by atomic mass is 10.1. The fourth-order valence-electron chi connectivity index (χ4n) is 1.53. The molecule has 0 atom stereocenters. The van der Waals surface area contributed by atoms with Gasteiger partial charge in [-0.3, -0.25) is 0 Å². The maximum Gasteiger partial charge on any atom is 0.328 e. The van der Waals surface area contributed by atoms with Gasteiger partial charge >= 0.3 is 5.97 Å². The van der Waals surface area contributed by atoms with Crippen molar-refractivity contribution in [2.75, 3.05) is 18.5 Å². The molecule has 6 heteroatoms. The predicted octanol–water partition coefficient (Wildman–Crippen LogP) is 3.14. The second-order valence-electron chi connectivity index (χ2n) is 3.62. The first-order valence-corrected chi connectivity index (χ1v) is 5.48. The summed E-state index contributed by atoms with van der Waals surface area (Å²) in [6.07, 6.45) is -0.237. The van der Waals surface area contributed by atoms with Gasteiger partial charge in [0.2, 0.25) is 0 Å². The fourth-order valence-corrected chi connectivity index (χ4v) is 1.85. The molecule has 0 heterocycles. The molecule has 0 aliphatic carbocycles. The molecule has 0 amide bonds. The van der Waals surface area contributed by atoms with Gasteiger partial charge in [0, 0.05) is 13.1 Å². The number of aliphatic carboxylic acids is 1. The zero-order chi connectivity index (χ0) is 13.7. The van der Waals surface area contributed by atoms with Crippen LogP contribution >= 0.6 is 11.6 Å². The number of benzene rings is 1. The van der Waals surface area contributed by atoms with Crippen LogP contribution in [0.15, 0.2) is 24.3 Å². The Balaban J connectivity index is 3.11. The van der Waals surface area contributed by atoms with E-state index in [1.54, 1.807) is 18.2 Å². The summed E-state index contributed by atoms with van der Waals surface area (Å²) in [6, 6.07) is 4.81. The first kappa shape index (κ1) is 14.4. The van der Waals surface area contributed by atoms with Crippen LogP contribution in [0.5, 0.6) is 0 Å². The van der Waals surface area contributed by atoms with Gasteiger partial charge in [0.1, 0.15) is 0 Å². The van der Waals surface area contributed by atoms with Gasteiger partial charge in [-0.2, -0.15) is 0 Å². The lowest BCUT2D eigenvalue weighted by Gasteiger charge is -2.22. The molecule has 1 rings (SSSR count). The van der Waals surface area contributed by atoms with Gasteiger partial charge in [0.15, 0.2) is 0 Å². The first-order chi connectivity index (χ1) is 8.41. The zero-order valence-corrected chi connectivity index (χ0v) is 10.4. The number of hydrogen-bond donors (Lipinski definition) is 1. The molecule has 0 spiro atoms. The van der Waals surface area contributed by atoms with Crippen molar-refractivity contribution in [2.45, 2.75) is 6.43 Å². The number of rotatable bonds is 5. The van der Waals surface area contributed by atoms with Crippen molar-refractivity contribution >= 4 is 29.3 Å². The quantitative estimate of drug-likeness (QED) is 0.839. The second-order valence-corrected chi connectivity index (χ2v) is 4.03. The van der Waals surface area contributed by atoms with Crippen LogP contribution in [0.25, 0.3) is 6.08 Å². The van der Waals surface area contributed by atoms with Crippen LogP contribution in [-0.2, 0) is 4.79 Å². The molecular weight excluding hydrogens is 264 g/mol. The minimum Gasteiger partial charge on any atom is -0.478 e. The number of para-hydroxylation sites is 1. The van der Waals surface area contributed by atoms with Crippen molar-refractivity contribution in [1.29, 1.82) is 0 Å². The smallest absolute Gasteiger partial charge is 0.328 e. The van der Waals surface area contributed by atoms with Crippen molar-refractivity contribution in [1.82, 2.24) is 0 Å². The van der Waals surface area contributed by atoms with Crippen LogP contribution in [0.2, 0.25) is 5.02 Å². The lowest BCUT2D eigenvalue weighted by molar-refractivity contribution is -0.131. The van der Waals surface area contributed by atoms with Gasteiger partial charge < -0.3 is 10.0 Å². The minimum atomic E-state index is -2.50. The minimum absolute atomic E-state index is 0.297. The highest BCUT2D eigenvalue weighted by molar-refractivity contribution is 6.33. The van der Waals surface area contributed by atoms with Crippen LogP contribution in [0.4, 0.5) is 14.5 Å². The highest BCUT2D eigenvalue weighted by atomic mass is 35.5. The Kier molecular flexibility index (Phi) is 5.09. The third kappa shape index (κ3) is 4.00. The topological polar surface area (TPSA) is 40.5 Å². The summed E-state index contributed by atoms with van der Waals surface area (Å²) in [4.78, 5) is 11.8. The van der Waals surface area contributed by atoms with E-state index in [-0.39, 0.29) is 0 Å². The Bertz CT molecular complexity index is 463. The summed E-state index contributed by atoms with van der Waals surface area (Å²) in [6.45, 7) is -0.475. The second kappa shape index (κ2) is 6.35. The number of carbonyl (C=O) groups is 1. The van der Waals surface area contributed by atoms with Crippen molar-refractivity contribution in [2.24, 2.45) is 0 Å². The molecule has 0 aliphatic heterocycles. The van der Waals surface area contributed by atoms with E-state index in [9.17, 15) is 13.6 Å². The number of anilines is 1. The molecule has 3 nitrogen and oxygen atoms in total. The molecule has 1 N–H and O–H groups in total. The Labute approximate surface area is 108 Å². The maximum atomic E-state index is 12.4. The van der Waals surface area contributed by atoms with Crippen LogP contribution in [0, 0.1) is 0 Å². The summed E-state index contributed by atoms with van der Waals surface area (Å²) >= 11 is 5.96. The molecule has 0 fully saturated rings. The van der Waals surface area contributed by atoms with Crippen molar-refractivity contribution in [3.05, 3.63) is 34.9 Å². The van der Waals surface area contributed by atoms with E-state index in [1.807, 2.05) is 0 Å². The summed E-state index contributed by atoms with van der Waals surface area (Å²) in [5, 5.41) is 8.86. The number of halogens is 3. The highest BCUT2D eigenvalue weighted by Gasteiger charge is 2.14. The monoisotopic (exact) mass is 275 g/mol. The molecule has 1 aromatic rings. The van der Waals surface area contributed by atoms with Crippen LogP contribution in [0.3, 0.4) is 0 Å². The van der Waals surface area contributed by atoms with Gasteiger partial charge in [-0.15, -0.1) is 0 Å². The van der Waals surface area contributed by atoms with E-state index in [0.717, 1.165) is 6.08 Å². The molecular formula is C12H12ClF2NO2. The van der Waals surface area contributed by atoms with Crippen molar-refractivity contribution < 1.29 is 18.7 Å². The Morgan fingerprint density at radius 3 is 2.78 bits per heavy atom. The Morgan fingerprint density at radius 2 is 2.22 bits per heavy atom. The molecule has 98 valence electrons. The van der Waals surface area contributed by atoms with Crippen LogP contribution in [-0.4, -0.2) is 31.1 Å². The Hall–Kier alpha value is -1.62. The predicted molar refractivity (Wildman–Crippen MR) is 67.4 cm³/mol. The van der Waals surface area contributed by atoms with Crippen LogP contribution in [0.1, 0.15) is 5.56 Å². The molecule has 1 aromatic carbocycles. The summed E-state index contributed by atoms with van der Waals surface area (Å²) in [5.74, 6) is -1.11.